The Labute approximate surface area is 179 Å². The molecule has 0 aliphatic carbocycles. The highest BCUT2D eigenvalue weighted by Gasteiger charge is 2.17. The molecule has 0 saturated carbocycles. The molecule has 160 valence electrons. The summed E-state index contributed by atoms with van der Waals surface area (Å²) >= 11 is 0. The number of fused-ring (bicyclic) bond motifs is 1. The quantitative estimate of drug-likeness (QED) is 0.410. The Morgan fingerprint density at radius 1 is 0.964 bits per heavy atom. The predicted octanol–water partition coefficient (Wildman–Crippen LogP) is 4.21. The van der Waals surface area contributed by atoms with Crippen molar-refractivity contribution >= 4 is 41.7 Å². The zero-order chi connectivity index (χ0) is 18.8. The zero-order valence-electron chi connectivity index (χ0n) is 16.3. The van der Waals surface area contributed by atoms with Crippen LogP contribution in [0.4, 0.5) is 0 Å². The molecular weight excluding hydrogens is 401 g/mol. The SMILES string of the molecule is Cl.Cl.NCCCCCCn1c(C(=O)O)cc2cccc(OCCCCCN)c21. The van der Waals surface area contributed by atoms with Gasteiger partial charge in [0.25, 0.3) is 0 Å². The molecule has 0 saturated heterocycles. The third-order valence-corrected chi connectivity index (χ3v) is 4.54. The van der Waals surface area contributed by atoms with Crippen molar-refractivity contribution in [3.8, 4) is 5.75 Å². The fraction of sp³-hybridized carbons (Fsp3) is 0.550. The number of hydrogen-bond acceptors (Lipinski definition) is 4. The number of unbranched alkanes of at least 4 members (excludes halogenated alkanes) is 5. The summed E-state index contributed by atoms with van der Waals surface area (Å²) in [7, 11) is 0. The molecule has 6 nitrogen and oxygen atoms in total. The summed E-state index contributed by atoms with van der Waals surface area (Å²) in [6.45, 7) is 2.69. The van der Waals surface area contributed by atoms with Crippen LogP contribution in [0.1, 0.15) is 55.4 Å². The van der Waals surface area contributed by atoms with Crippen molar-refractivity contribution in [3.63, 3.8) is 0 Å². The molecule has 0 spiro atoms. The van der Waals surface area contributed by atoms with Crippen molar-refractivity contribution in [1.29, 1.82) is 0 Å². The molecule has 2 aromatic rings. The van der Waals surface area contributed by atoms with E-state index in [1.807, 2.05) is 22.8 Å². The summed E-state index contributed by atoms with van der Waals surface area (Å²) in [6.07, 6.45) is 7.02. The Kier molecular flexibility index (Phi) is 13.8. The van der Waals surface area contributed by atoms with Crippen molar-refractivity contribution in [1.82, 2.24) is 4.57 Å². The van der Waals surface area contributed by atoms with E-state index in [1.54, 1.807) is 6.07 Å². The highest BCUT2D eigenvalue weighted by atomic mass is 35.5. The summed E-state index contributed by atoms with van der Waals surface area (Å²) in [4.78, 5) is 11.7. The number of benzene rings is 1. The van der Waals surface area contributed by atoms with Gasteiger partial charge in [-0.2, -0.15) is 0 Å². The molecule has 28 heavy (non-hydrogen) atoms. The van der Waals surface area contributed by atoms with E-state index < -0.39 is 5.97 Å². The monoisotopic (exact) mass is 433 g/mol. The molecule has 0 bridgehead atoms. The number of nitrogens with zero attached hydrogens (tertiary/aromatic N) is 1. The summed E-state index contributed by atoms with van der Waals surface area (Å²) in [5.74, 6) is -0.151. The van der Waals surface area contributed by atoms with Gasteiger partial charge in [-0.3, -0.25) is 0 Å². The predicted molar refractivity (Wildman–Crippen MR) is 119 cm³/mol. The summed E-state index contributed by atoms with van der Waals surface area (Å²) in [6, 6.07) is 7.50. The van der Waals surface area contributed by atoms with Gasteiger partial charge in [0.15, 0.2) is 0 Å². The number of aromatic nitrogens is 1. The van der Waals surface area contributed by atoms with Gasteiger partial charge in [0, 0.05) is 11.9 Å². The smallest absolute Gasteiger partial charge is 0.352 e. The third-order valence-electron chi connectivity index (χ3n) is 4.54. The number of para-hydroxylation sites is 1. The maximum absolute atomic E-state index is 11.7. The average Bonchev–Trinajstić information content (AvgIpc) is 3.01. The fourth-order valence-electron chi connectivity index (χ4n) is 3.19. The van der Waals surface area contributed by atoms with Crippen LogP contribution in [0.25, 0.3) is 10.9 Å². The number of aryl methyl sites for hydroxylation is 1. The van der Waals surface area contributed by atoms with Crippen LogP contribution in [-0.2, 0) is 6.54 Å². The maximum atomic E-state index is 11.7. The Balaban J connectivity index is 0.00000364. The van der Waals surface area contributed by atoms with Gasteiger partial charge in [-0.25, -0.2) is 4.79 Å². The van der Waals surface area contributed by atoms with Gasteiger partial charge in [-0.05, 0) is 57.3 Å². The van der Waals surface area contributed by atoms with Crippen LogP contribution in [-0.4, -0.2) is 35.3 Å². The van der Waals surface area contributed by atoms with E-state index >= 15 is 0 Å². The number of aromatic carboxylic acids is 1. The molecule has 1 aromatic carbocycles. The van der Waals surface area contributed by atoms with Gasteiger partial charge >= 0.3 is 5.97 Å². The molecule has 5 N–H and O–H groups in total. The molecule has 1 aromatic heterocycles. The van der Waals surface area contributed by atoms with Gasteiger partial charge in [0.2, 0.25) is 0 Å². The minimum Gasteiger partial charge on any atom is -0.491 e. The Morgan fingerprint density at radius 3 is 2.25 bits per heavy atom. The first kappa shape index (κ1) is 26.5. The van der Waals surface area contributed by atoms with Gasteiger partial charge in [0.05, 0.1) is 12.1 Å². The second-order valence-corrected chi connectivity index (χ2v) is 6.58. The topological polar surface area (TPSA) is 104 Å². The highest BCUT2D eigenvalue weighted by molar-refractivity contribution is 5.96. The number of ether oxygens (including phenoxy) is 1. The molecule has 0 unspecified atom stereocenters. The lowest BCUT2D eigenvalue weighted by molar-refractivity contribution is 0.0685. The van der Waals surface area contributed by atoms with Crippen LogP contribution in [0.5, 0.6) is 5.75 Å². The molecule has 0 atom stereocenters. The highest BCUT2D eigenvalue weighted by Crippen LogP contribution is 2.30. The van der Waals surface area contributed by atoms with E-state index in [4.69, 9.17) is 16.2 Å². The second kappa shape index (κ2) is 14.5. The Morgan fingerprint density at radius 2 is 1.61 bits per heavy atom. The molecule has 2 rings (SSSR count). The average molecular weight is 434 g/mol. The first-order valence-electron chi connectivity index (χ1n) is 9.57. The van der Waals surface area contributed by atoms with Crippen molar-refractivity contribution in [3.05, 3.63) is 30.0 Å². The first-order valence-corrected chi connectivity index (χ1v) is 9.57. The molecular formula is C20H33Cl2N3O3. The minimum absolute atomic E-state index is 0. The number of rotatable bonds is 13. The number of hydrogen-bond donors (Lipinski definition) is 3. The minimum atomic E-state index is -0.906. The van der Waals surface area contributed by atoms with Crippen LogP contribution >= 0.6 is 24.8 Å². The lowest BCUT2D eigenvalue weighted by atomic mass is 10.2. The normalized spacial score (nSPS) is 10.4. The van der Waals surface area contributed by atoms with Crippen molar-refractivity contribution in [2.24, 2.45) is 11.5 Å². The summed E-state index contributed by atoms with van der Waals surface area (Å²) in [5.41, 5.74) is 12.2. The molecule has 0 aliphatic rings. The summed E-state index contributed by atoms with van der Waals surface area (Å²) in [5, 5.41) is 10.5. The number of carbonyl (C=O) groups is 1. The second-order valence-electron chi connectivity index (χ2n) is 6.58. The number of carboxylic acids is 1. The van der Waals surface area contributed by atoms with E-state index in [-0.39, 0.29) is 24.8 Å². The molecule has 0 amide bonds. The van der Waals surface area contributed by atoms with Crippen LogP contribution in [0, 0.1) is 0 Å². The van der Waals surface area contributed by atoms with Crippen molar-refractivity contribution in [2.75, 3.05) is 19.7 Å². The maximum Gasteiger partial charge on any atom is 0.352 e. The molecule has 0 aliphatic heterocycles. The third kappa shape index (κ3) is 7.51. The van der Waals surface area contributed by atoms with E-state index in [9.17, 15) is 9.90 Å². The van der Waals surface area contributed by atoms with Gasteiger partial charge in [-0.15, -0.1) is 24.8 Å². The molecule has 8 heteroatoms. The van der Waals surface area contributed by atoms with Crippen molar-refractivity contribution in [2.45, 2.75) is 51.5 Å². The summed E-state index contributed by atoms with van der Waals surface area (Å²) < 4.78 is 7.86. The van der Waals surface area contributed by atoms with E-state index in [0.717, 1.165) is 61.6 Å². The zero-order valence-corrected chi connectivity index (χ0v) is 17.9. The van der Waals surface area contributed by atoms with Gasteiger partial charge in [-0.1, -0.05) is 25.0 Å². The number of carboxylic acid groups (broad SMARTS) is 1. The lowest BCUT2D eigenvalue weighted by Gasteiger charge is -2.13. The van der Waals surface area contributed by atoms with E-state index in [2.05, 4.69) is 0 Å². The lowest BCUT2D eigenvalue weighted by Crippen LogP contribution is -2.10. The van der Waals surface area contributed by atoms with Crippen LogP contribution in [0.3, 0.4) is 0 Å². The van der Waals surface area contributed by atoms with Crippen LogP contribution < -0.4 is 16.2 Å². The van der Waals surface area contributed by atoms with Crippen molar-refractivity contribution < 1.29 is 14.6 Å². The van der Waals surface area contributed by atoms with Crippen LogP contribution in [0.2, 0.25) is 0 Å². The van der Waals surface area contributed by atoms with E-state index in [1.165, 1.54) is 0 Å². The fourth-order valence-corrected chi connectivity index (χ4v) is 3.19. The molecule has 0 radical (unpaired) electrons. The van der Waals surface area contributed by atoms with Gasteiger partial charge in [0.1, 0.15) is 11.4 Å². The Hall–Kier alpha value is -1.47. The van der Waals surface area contributed by atoms with Gasteiger partial charge < -0.3 is 25.9 Å². The standard InChI is InChI=1S/C20H31N3O3.2ClH/c21-11-4-1-2-6-13-23-17(20(24)25)15-16-9-8-10-18(19(16)23)26-14-7-3-5-12-22;;/h8-10,15H,1-7,11-14,21-22H2,(H,24,25);2*1H. The molecule has 1 heterocycles. The number of halogens is 2. The number of nitrogens with two attached hydrogens (primary N) is 2. The largest absolute Gasteiger partial charge is 0.491 e. The first-order chi connectivity index (χ1) is 12.7. The Bertz CT molecular complexity index is 707. The van der Waals surface area contributed by atoms with E-state index in [0.29, 0.717) is 31.9 Å². The molecule has 0 fully saturated rings. The van der Waals surface area contributed by atoms with Crippen LogP contribution in [0.15, 0.2) is 24.3 Å².